The average Bonchev–Trinajstić information content (AvgIpc) is 2.47. The van der Waals surface area contributed by atoms with Gasteiger partial charge in [0.2, 0.25) is 5.56 Å². The third-order valence-corrected chi connectivity index (χ3v) is 4.01. The first-order valence-corrected chi connectivity index (χ1v) is 7.48. The molecule has 1 aliphatic rings. The molecule has 1 saturated heterocycles. The highest BCUT2D eigenvalue weighted by molar-refractivity contribution is 5.93. The lowest BCUT2D eigenvalue weighted by molar-refractivity contribution is -0.148. The number of piperidine rings is 1. The lowest BCUT2D eigenvalue weighted by Gasteiger charge is -2.32. The summed E-state index contributed by atoms with van der Waals surface area (Å²) < 4.78 is 38.3. The molecule has 1 aromatic rings. The Labute approximate surface area is 132 Å². The summed E-state index contributed by atoms with van der Waals surface area (Å²) in [5, 5.41) is 2.78. The van der Waals surface area contributed by atoms with E-state index in [1.807, 2.05) is 0 Å². The molecule has 128 valence electrons. The second-order valence-electron chi connectivity index (χ2n) is 5.91. The number of aryl methyl sites for hydroxylation is 1. The molecule has 0 radical (unpaired) electrons. The second-order valence-corrected chi connectivity index (χ2v) is 5.91. The van der Waals surface area contributed by atoms with Gasteiger partial charge in [-0.2, -0.15) is 13.2 Å². The van der Waals surface area contributed by atoms with Crippen LogP contribution in [0.5, 0.6) is 0 Å². The first-order valence-electron chi connectivity index (χ1n) is 7.48. The van der Waals surface area contributed by atoms with Gasteiger partial charge < -0.3 is 9.88 Å². The first-order chi connectivity index (χ1) is 10.7. The minimum Gasteiger partial charge on any atom is -0.352 e. The third kappa shape index (κ3) is 5.38. The molecule has 0 spiro atoms. The Morgan fingerprint density at radius 1 is 1.30 bits per heavy atom. The maximum Gasteiger partial charge on any atom is 0.401 e. The first kappa shape index (κ1) is 17.5. The molecule has 8 heteroatoms. The Bertz CT molecular complexity index is 605. The van der Waals surface area contributed by atoms with Crippen LogP contribution in [0.3, 0.4) is 0 Å². The van der Waals surface area contributed by atoms with Gasteiger partial charge in [-0.15, -0.1) is 0 Å². The number of carbonyl (C=O) groups is 1. The molecule has 0 aliphatic carbocycles. The van der Waals surface area contributed by atoms with Gasteiger partial charge in [0.05, 0.1) is 12.1 Å². The quantitative estimate of drug-likeness (QED) is 0.907. The van der Waals surface area contributed by atoms with Crippen LogP contribution in [0, 0.1) is 5.92 Å². The Balaban J connectivity index is 1.78. The molecule has 1 aliphatic heterocycles. The molecule has 1 fully saturated rings. The third-order valence-electron chi connectivity index (χ3n) is 4.01. The smallest absolute Gasteiger partial charge is 0.352 e. The molecule has 0 saturated carbocycles. The molecule has 2 heterocycles. The predicted molar refractivity (Wildman–Crippen MR) is 79.2 cm³/mol. The van der Waals surface area contributed by atoms with Crippen LogP contribution in [0.15, 0.2) is 23.1 Å². The number of hydrogen-bond acceptors (Lipinski definition) is 3. The van der Waals surface area contributed by atoms with Gasteiger partial charge in [-0.1, -0.05) is 0 Å². The number of rotatable bonds is 4. The Kier molecular flexibility index (Phi) is 5.46. The summed E-state index contributed by atoms with van der Waals surface area (Å²) in [6, 6.07) is 2.79. The van der Waals surface area contributed by atoms with Crippen molar-refractivity contribution in [3.05, 3.63) is 34.2 Å². The van der Waals surface area contributed by atoms with E-state index in [0.717, 1.165) is 0 Å². The van der Waals surface area contributed by atoms with Crippen molar-refractivity contribution >= 4 is 5.91 Å². The van der Waals surface area contributed by atoms with Crippen LogP contribution < -0.4 is 10.9 Å². The molecule has 1 N–H and O–H groups in total. The van der Waals surface area contributed by atoms with Crippen molar-refractivity contribution in [1.82, 2.24) is 14.8 Å². The highest BCUT2D eigenvalue weighted by Crippen LogP contribution is 2.22. The van der Waals surface area contributed by atoms with E-state index in [2.05, 4.69) is 5.32 Å². The van der Waals surface area contributed by atoms with Gasteiger partial charge in [0.15, 0.2) is 0 Å². The van der Waals surface area contributed by atoms with Gasteiger partial charge in [-0.05, 0) is 37.9 Å². The summed E-state index contributed by atoms with van der Waals surface area (Å²) in [5.74, 6) is -0.103. The van der Waals surface area contributed by atoms with Crippen molar-refractivity contribution in [1.29, 1.82) is 0 Å². The van der Waals surface area contributed by atoms with E-state index in [9.17, 15) is 22.8 Å². The van der Waals surface area contributed by atoms with Crippen LogP contribution in [0.4, 0.5) is 13.2 Å². The molecular weight excluding hydrogens is 311 g/mol. The molecule has 1 aromatic heterocycles. The monoisotopic (exact) mass is 331 g/mol. The standard InChI is InChI=1S/C15H20F3N3O2/c1-20-9-12(2-3-13(20)22)14(23)19-8-11-4-6-21(7-5-11)10-15(16,17)18/h2-3,9,11H,4-8,10H2,1H3,(H,19,23). The van der Waals surface area contributed by atoms with Gasteiger partial charge >= 0.3 is 6.18 Å². The van der Waals surface area contributed by atoms with Crippen LogP contribution in [-0.4, -0.2) is 47.7 Å². The van der Waals surface area contributed by atoms with Crippen molar-refractivity contribution in [2.75, 3.05) is 26.2 Å². The molecule has 0 aromatic carbocycles. The molecular formula is C15H20F3N3O2. The molecule has 1 amide bonds. The zero-order chi connectivity index (χ0) is 17.0. The second kappa shape index (κ2) is 7.16. The number of pyridine rings is 1. The SMILES string of the molecule is Cn1cc(C(=O)NCC2CCN(CC(F)(F)F)CC2)ccc1=O. The average molecular weight is 331 g/mol. The number of nitrogens with zero attached hydrogens (tertiary/aromatic N) is 2. The van der Waals surface area contributed by atoms with Crippen LogP contribution >= 0.6 is 0 Å². The van der Waals surface area contributed by atoms with Gasteiger partial charge in [0, 0.05) is 25.9 Å². The number of carbonyl (C=O) groups excluding carboxylic acids is 1. The normalized spacial score (nSPS) is 17.2. The Hall–Kier alpha value is -1.83. The van der Waals surface area contributed by atoms with Crippen LogP contribution in [0.2, 0.25) is 0 Å². The fourth-order valence-corrected chi connectivity index (χ4v) is 2.67. The minimum atomic E-state index is -4.16. The van der Waals surface area contributed by atoms with Gasteiger partial charge in [-0.25, -0.2) is 0 Å². The highest BCUT2D eigenvalue weighted by Gasteiger charge is 2.32. The van der Waals surface area contributed by atoms with E-state index in [0.29, 0.717) is 38.0 Å². The van der Waals surface area contributed by atoms with Crippen molar-refractivity contribution in [2.45, 2.75) is 19.0 Å². The Morgan fingerprint density at radius 3 is 2.52 bits per heavy atom. The predicted octanol–water partition coefficient (Wildman–Crippen LogP) is 1.39. The van der Waals surface area contributed by atoms with Gasteiger partial charge in [0.1, 0.15) is 0 Å². The summed E-state index contributed by atoms with van der Waals surface area (Å²) in [4.78, 5) is 24.7. The maximum atomic E-state index is 12.3. The number of aromatic nitrogens is 1. The lowest BCUT2D eigenvalue weighted by Crippen LogP contribution is -2.42. The number of likely N-dealkylation sites (tertiary alicyclic amines) is 1. The zero-order valence-corrected chi connectivity index (χ0v) is 12.9. The largest absolute Gasteiger partial charge is 0.401 e. The number of halogens is 3. The van der Waals surface area contributed by atoms with E-state index in [1.165, 1.54) is 27.8 Å². The fraction of sp³-hybridized carbons (Fsp3) is 0.600. The van der Waals surface area contributed by atoms with Gasteiger partial charge in [-0.3, -0.25) is 14.5 Å². The van der Waals surface area contributed by atoms with Crippen LogP contribution in [-0.2, 0) is 7.05 Å². The Morgan fingerprint density at radius 2 is 1.96 bits per heavy atom. The van der Waals surface area contributed by atoms with Crippen LogP contribution in [0.1, 0.15) is 23.2 Å². The molecule has 5 nitrogen and oxygen atoms in total. The number of nitrogens with one attached hydrogen (secondary N) is 1. The molecule has 0 atom stereocenters. The van der Waals surface area contributed by atoms with E-state index in [-0.39, 0.29) is 17.4 Å². The molecule has 2 rings (SSSR count). The summed E-state index contributed by atoms with van der Waals surface area (Å²) in [7, 11) is 1.56. The van der Waals surface area contributed by atoms with Crippen molar-refractivity contribution in [3.8, 4) is 0 Å². The number of hydrogen-bond donors (Lipinski definition) is 1. The minimum absolute atomic E-state index is 0.177. The highest BCUT2D eigenvalue weighted by atomic mass is 19.4. The fourth-order valence-electron chi connectivity index (χ4n) is 2.67. The van der Waals surface area contributed by atoms with E-state index < -0.39 is 12.7 Å². The van der Waals surface area contributed by atoms with E-state index in [4.69, 9.17) is 0 Å². The van der Waals surface area contributed by atoms with E-state index in [1.54, 1.807) is 7.05 Å². The zero-order valence-electron chi connectivity index (χ0n) is 12.9. The summed E-state index contributed by atoms with van der Waals surface area (Å²) in [6.07, 6.45) is -1.44. The number of amides is 1. The summed E-state index contributed by atoms with van der Waals surface area (Å²) in [6.45, 7) is 0.339. The van der Waals surface area contributed by atoms with E-state index >= 15 is 0 Å². The summed E-state index contributed by atoms with van der Waals surface area (Å²) in [5.41, 5.74) is 0.195. The molecule has 23 heavy (non-hydrogen) atoms. The molecule has 0 bridgehead atoms. The summed E-state index contributed by atoms with van der Waals surface area (Å²) >= 11 is 0. The van der Waals surface area contributed by atoms with Crippen molar-refractivity contribution in [2.24, 2.45) is 13.0 Å². The van der Waals surface area contributed by atoms with Crippen molar-refractivity contribution in [3.63, 3.8) is 0 Å². The lowest BCUT2D eigenvalue weighted by atomic mass is 9.96. The topological polar surface area (TPSA) is 54.3 Å². The van der Waals surface area contributed by atoms with Crippen LogP contribution in [0.25, 0.3) is 0 Å². The van der Waals surface area contributed by atoms with Crippen molar-refractivity contribution < 1.29 is 18.0 Å². The maximum absolute atomic E-state index is 12.3. The molecule has 0 unspecified atom stereocenters. The van der Waals surface area contributed by atoms with Gasteiger partial charge in [0.25, 0.3) is 5.91 Å². The number of alkyl halides is 3.